The van der Waals surface area contributed by atoms with Crippen molar-refractivity contribution in [2.75, 3.05) is 18.0 Å². The largest absolute Gasteiger partial charge is 0.408 e. The normalized spacial score (nSPS) is 14.1. The number of hydrogen-bond donors (Lipinski definition) is 1. The van der Waals surface area contributed by atoms with Crippen LogP contribution in [0.2, 0.25) is 0 Å². The second-order valence-corrected chi connectivity index (χ2v) is 4.05. The standard InChI is InChI=1S/C12H14N4O/c13-7-5-11-14-15-12(17-11)16-8-6-9-3-1-2-4-10(9)16/h1-4H,5-8,13H2. The highest BCUT2D eigenvalue weighted by molar-refractivity contribution is 5.64. The fourth-order valence-corrected chi connectivity index (χ4v) is 2.12. The van der Waals surface area contributed by atoms with Crippen molar-refractivity contribution >= 4 is 11.7 Å². The van der Waals surface area contributed by atoms with Crippen LogP contribution in [0.1, 0.15) is 11.5 Å². The Morgan fingerprint density at radius 1 is 1.29 bits per heavy atom. The molecule has 0 saturated heterocycles. The Labute approximate surface area is 99.2 Å². The second kappa shape index (κ2) is 4.18. The van der Waals surface area contributed by atoms with Gasteiger partial charge in [-0.05, 0) is 18.1 Å². The van der Waals surface area contributed by atoms with Crippen LogP contribution in [0, 0.1) is 0 Å². The smallest absolute Gasteiger partial charge is 0.322 e. The monoisotopic (exact) mass is 230 g/mol. The quantitative estimate of drug-likeness (QED) is 0.859. The average Bonchev–Trinajstić information content (AvgIpc) is 2.95. The lowest BCUT2D eigenvalue weighted by Crippen LogP contribution is -2.13. The molecule has 2 N–H and O–H groups in total. The van der Waals surface area contributed by atoms with E-state index in [0.29, 0.717) is 24.9 Å². The topological polar surface area (TPSA) is 68.2 Å². The van der Waals surface area contributed by atoms with Crippen molar-refractivity contribution in [3.05, 3.63) is 35.7 Å². The van der Waals surface area contributed by atoms with Crippen LogP contribution in [0.15, 0.2) is 28.7 Å². The summed E-state index contributed by atoms with van der Waals surface area (Å²) in [6.45, 7) is 1.42. The van der Waals surface area contributed by atoms with Crippen LogP contribution in [-0.4, -0.2) is 23.3 Å². The Bertz CT molecular complexity index is 523. The molecule has 1 aliphatic rings. The molecule has 17 heavy (non-hydrogen) atoms. The van der Waals surface area contributed by atoms with Crippen LogP contribution in [0.25, 0.3) is 0 Å². The molecule has 0 aliphatic carbocycles. The van der Waals surface area contributed by atoms with Crippen LogP contribution < -0.4 is 10.6 Å². The molecule has 1 aromatic heterocycles. The van der Waals surface area contributed by atoms with Crippen molar-refractivity contribution in [3.63, 3.8) is 0 Å². The highest BCUT2D eigenvalue weighted by Crippen LogP contribution is 2.33. The molecule has 3 rings (SSSR count). The predicted octanol–water partition coefficient (Wildman–Crippen LogP) is 1.26. The van der Waals surface area contributed by atoms with Crippen LogP contribution in [-0.2, 0) is 12.8 Å². The van der Waals surface area contributed by atoms with E-state index in [2.05, 4.69) is 33.3 Å². The molecule has 0 radical (unpaired) electrons. The van der Waals surface area contributed by atoms with E-state index in [1.54, 1.807) is 0 Å². The molecule has 1 aliphatic heterocycles. The molecule has 0 saturated carbocycles. The maximum Gasteiger partial charge on any atom is 0.322 e. The molecule has 2 heterocycles. The third-order valence-electron chi connectivity index (χ3n) is 2.93. The molecule has 0 bridgehead atoms. The van der Waals surface area contributed by atoms with Gasteiger partial charge < -0.3 is 10.2 Å². The SMILES string of the molecule is NCCc1nnc(N2CCc3ccccc32)o1. The maximum absolute atomic E-state index is 5.59. The van der Waals surface area contributed by atoms with E-state index in [0.717, 1.165) is 18.7 Å². The van der Waals surface area contributed by atoms with Gasteiger partial charge in [-0.15, -0.1) is 5.10 Å². The van der Waals surface area contributed by atoms with Crippen LogP contribution in [0.3, 0.4) is 0 Å². The highest BCUT2D eigenvalue weighted by Gasteiger charge is 2.23. The van der Waals surface area contributed by atoms with Crippen LogP contribution >= 0.6 is 0 Å². The Kier molecular flexibility index (Phi) is 2.53. The zero-order valence-electron chi connectivity index (χ0n) is 9.47. The first-order valence-corrected chi connectivity index (χ1v) is 5.76. The number of nitrogens with zero attached hydrogens (tertiary/aromatic N) is 3. The van der Waals surface area contributed by atoms with E-state index >= 15 is 0 Å². The summed E-state index contributed by atoms with van der Waals surface area (Å²) in [7, 11) is 0. The molecular formula is C12H14N4O. The second-order valence-electron chi connectivity index (χ2n) is 4.05. The van der Waals surface area contributed by atoms with Gasteiger partial charge in [0.2, 0.25) is 5.89 Å². The van der Waals surface area contributed by atoms with Crippen molar-refractivity contribution in [3.8, 4) is 0 Å². The molecular weight excluding hydrogens is 216 g/mol. The van der Waals surface area contributed by atoms with Crippen LogP contribution in [0.5, 0.6) is 0 Å². The number of hydrogen-bond acceptors (Lipinski definition) is 5. The summed E-state index contributed by atoms with van der Waals surface area (Å²) in [4.78, 5) is 2.06. The first kappa shape index (κ1) is 10.3. The molecule has 0 fully saturated rings. The summed E-state index contributed by atoms with van der Waals surface area (Å²) in [5.74, 6) is 0.604. The third kappa shape index (κ3) is 1.78. The first-order chi connectivity index (χ1) is 8.38. The Balaban J connectivity index is 1.90. The summed E-state index contributed by atoms with van der Waals surface area (Å²) < 4.78 is 5.59. The van der Waals surface area contributed by atoms with Crippen molar-refractivity contribution in [2.24, 2.45) is 5.73 Å². The average molecular weight is 230 g/mol. The molecule has 5 nitrogen and oxygen atoms in total. The van der Waals surface area contributed by atoms with Gasteiger partial charge in [0.1, 0.15) is 0 Å². The van der Waals surface area contributed by atoms with E-state index in [1.165, 1.54) is 5.56 Å². The molecule has 0 spiro atoms. The minimum Gasteiger partial charge on any atom is -0.408 e. The molecule has 0 atom stereocenters. The van der Waals surface area contributed by atoms with Crippen LogP contribution in [0.4, 0.5) is 11.7 Å². The Morgan fingerprint density at radius 2 is 2.18 bits per heavy atom. The van der Waals surface area contributed by atoms with Gasteiger partial charge in [0.25, 0.3) is 0 Å². The van der Waals surface area contributed by atoms with Gasteiger partial charge >= 0.3 is 6.01 Å². The van der Waals surface area contributed by atoms with Gasteiger partial charge in [0, 0.05) is 25.2 Å². The highest BCUT2D eigenvalue weighted by atomic mass is 16.4. The number of benzene rings is 1. The summed E-state index contributed by atoms with van der Waals surface area (Å²) in [6, 6.07) is 8.85. The summed E-state index contributed by atoms with van der Waals surface area (Å²) in [6.07, 6.45) is 1.65. The number of aromatic nitrogens is 2. The Morgan fingerprint density at radius 3 is 3.06 bits per heavy atom. The summed E-state index contributed by atoms with van der Waals surface area (Å²) in [5.41, 5.74) is 7.95. The fourth-order valence-electron chi connectivity index (χ4n) is 2.12. The number of anilines is 2. The number of rotatable bonds is 3. The fraction of sp³-hybridized carbons (Fsp3) is 0.333. The van der Waals surface area contributed by atoms with E-state index in [4.69, 9.17) is 10.2 Å². The third-order valence-corrected chi connectivity index (χ3v) is 2.93. The molecule has 0 unspecified atom stereocenters. The maximum atomic E-state index is 5.59. The lowest BCUT2D eigenvalue weighted by molar-refractivity contribution is 0.496. The summed E-state index contributed by atoms with van der Waals surface area (Å²) in [5, 5.41) is 8.05. The lowest BCUT2D eigenvalue weighted by atomic mass is 10.2. The zero-order valence-corrected chi connectivity index (χ0v) is 9.47. The Hall–Kier alpha value is -1.88. The minimum absolute atomic E-state index is 0.526. The summed E-state index contributed by atoms with van der Waals surface area (Å²) >= 11 is 0. The number of para-hydroxylation sites is 1. The molecule has 88 valence electrons. The van der Waals surface area contributed by atoms with Gasteiger partial charge in [0.05, 0.1) is 0 Å². The van der Waals surface area contributed by atoms with Gasteiger partial charge in [-0.3, -0.25) is 4.90 Å². The van der Waals surface area contributed by atoms with E-state index in [9.17, 15) is 0 Å². The predicted molar refractivity (Wildman–Crippen MR) is 64.2 cm³/mol. The van der Waals surface area contributed by atoms with Gasteiger partial charge in [-0.2, -0.15) is 0 Å². The van der Waals surface area contributed by atoms with Gasteiger partial charge in [-0.25, -0.2) is 0 Å². The zero-order chi connectivity index (χ0) is 11.7. The van der Waals surface area contributed by atoms with E-state index in [-0.39, 0.29) is 0 Å². The van der Waals surface area contributed by atoms with E-state index in [1.807, 2.05) is 6.07 Å². The van der Waals surface area contributed by atoms with Crippen molar-refractivity contribution in [2.45, 2.75) is 12.8 Å². The van der Waals surface area contributed by atoms with Crippen molar-refractivity contribution < 1.29 is 4.42 Å². The number of fused-ring (bicyclic) bond motifs is 1. The van der Waals surface area contributed by atoms with E-state index < -0.39 is 0 Å². The molecule has 2 aromatic rings. The van der Waals surface area contributed by atoms with Gasteiger partial charge in [-0.1, -0.05) is 23.3 Å². The number of nitrogens with two attached hydrogens (primary N) is 1. The van der Waals surface area contributed by atoms with Crippen molar-refractivity contribution in [1.82, 2.24) is 10.2 Å². The molecule has 0 amide bonds. The van der Waals surface area contributed by atoms with Crippen molar-refractivity contribution in [1.29, 1.82) is 0 Å². The minimum atomic E-state index is 0.526. The lowest BCUT2D eigenvalue weighted by Gasteiger charge is -2.12. The first-order valence-electron chi connectivity index (χ1n) is 5.76. The van der Waals surface area contributed by atoms with Gasteiger partial charge in [0.15, 0.2) is 0 Å². The molecule has 5 heteroatoms. The molecule has 1 aromatic carbocycles.